The van der Waals surface area contributed by atoms with E-state index in [0.717, 1.165) is 6.42 Å². The highest BCUT2D eigenvalue weighted by atomic mass is 35.5. The summed E-state index contributed by atoms with van der Waals surface area (Å²) in [7, 11) is 1.57. The molecule has 0 saturated carbocycles. The average molecular weight is 510 g/mol. The zero-order valence-electron chi connectivity index (χ0n) is 20.2. The normalized spacial score (nSPS) is 13.8. The van der Waals surface area contributed by atoms with Crippen LogP contribution in [0.2, 0.25) is 0 Å². The molecule has 10 heteroatoms. The van der Waals surface area contributed by atoms with E-state index in [-0.39, 0.29) is 22.9 Å². The molecule has 1 aliphatic heterocycles. The minimum atomic E-state index is -0.680. The maximum absolute atomic E-state index is 13.6. The van der Waals surface area contributed by atoms with E-state index >= 15 is 0 Å². The van der Waals surface area contributed by atoms with E-state index in [0.29, 0.717) is 59.9 Å². The van der Waals surface area contributed by atoms with Gasteiger partial charge in [-0.2, -0.15) is 5.10 Å². The van der Waals surface area contributed by atoms with Crippen LogP contribution in [0.25, 0.3) is 5.69 Å². The predicted molar refractivity (Wildman–Crippen MR) is 138 cm³/mol. The monoisotopic (exact) mass is 509 g/mol. The van der Waals surface area contributed by atoms with Gasteiger partial charge in [0, 0.05) is 35.3 Å². The lowest BCUT2D eigenvalue weighted by molar-refractivity contribution is -0.116. The van der Waals surface area contributed by atoms with Crippen LogP contribution in [-0.2, 0) is 11.2 Å². The SMILES string of the molecule is COc1ccc(-n2nc(C(N)=O)c3c2C(=O)N(c2ccc(NC(=O)CCCC(C)Cl)cc2)CC3)cc1. The minimum Gasteiger partial charge on any atom is -0.497 e. The topological polar surface area (TPSA) is 120 Å². The molecular weight excluding hydrogens is 482 g/mol. The van der Waals surface area contributed by atoms with Crippen LogP contribution in [0.5, 0.6) is 5.75 Å². The molecule has 9 nitrogen and oxygen atoms in total. The number of carbonyl (C=O) groups excluding carboxylic acids is 3. The van der Waals surface area contributed by atoms with Crippen LogP contribution >= 0.6 is 11.6 Å². The second kappa shape index (κ2) is 10.8. The molecule has 4 rings (SSSR count). The lowest BCUT2D eigenvalue weighted by Crippen LogP contribution is -2.39. The Hall–Kier alpha value is -3.85. The first-order chi connectivity index (χ1) is 17.3. The second-order valence-corrected chi connectivity index (χ2v) is 9.37. The number of anilines is 2. The molecule has 3 N–H and O–H groups in total. The van der Waals surface area contributed by atoms with Crippen molar-refractivity contribution in [2.75, 3.05) is 23.9 Å². The van der Waals surface area contributed by atoms with Gasteiger partial charge in [0.15, 0.2) is 5.69 Å². The van der Waals surface area contributed by atoms with Crippen LogP contribution in [0.3, 0.4) is 0 Å². The van der Waals surface area contributed by atoms with E-state index in [1.807, 2.05) is 6.92 Å². The fraction of sp³-hybridized carbons (Fsp3) is 0.308. The number of fused-ring (bicyclic) bond motifs is 1. The van der Waals surface area contributed by atoms with E-state index in [1.165, 1.54) is 4.68 Å². The Kier molecular flexibility index (Phi) is 7.59. The maximum atomic E-state index is 13.6. The van der Waals surface area contributed by atoms with E-state index < -0.39 is 5.91 Å². The van der Waals surface area contributed by atoms with Gasteiger partial charge >= 0.3 is 0 Å². The van der Waals surface area contributed by atoms with Crippen LogP contribution in [0.1, 0.15) is 52.7 Å². The number of nitrogens with one attached hydrogen (secondary N) is 1. The molecule has 3 amide bonds. The van der Waals surface area contributed by atoms with E-state index in [4.69, 9.17) is 22.1 Å². The van der Waals surface area contributed by atoms with Crippen molar-refractivity contribution >= 4 is 40.7 Å². The Labute approximate surface area is 214 Å². The molecule has 2 aromatic carbocycles. The van der Waals surface area contributed by atoms with Gasteiger partial charge in [-0.1, -0.05) is 0 Å². The number of methoxy groups -OCH3 is 1. The first-order valence-corrected chi connectivity index (χ1v) is 12.1. The number of benzene rings is 2. The zero-order chi connectivity index (χ0) is 25.8. The van der Waals surface area contributed by atoms with Gasteiger partial charge in [-0.3, -0.25) is 14.4 Å². The van der Waals surface area contributed by atoms with Crippen molar-refractivity contribution in [3.05, 3.63) is 65.5 Å². The number of aromatic nitrogens is 2. The number of carbonyl (C=O) groups is 3. The zero-order valence-corrected chi connectivity index (χ0v) is 20.9. The van der Waals surface area contributed by atoms with Gasteiger partial charge in [0.25, 0.3) is 11.8 Å². The Bertz CT molecular complexity index is 1270. The largest absolute Gasteiger partial charge is 0.497 e. The van der Waals surface area contributed by atoms with Crippen LogP contribution in [0.15, 0.2) is 48.5 Å². The smallest absolute Gasteiger partial charge is 0.277 e. The van der Waals surface area contributed by atoms with Crippen molar-refractivity contribution in [1.29, 1.82) is 0 Å². The summed E-state index contributed by atoms with van der Waals surface area (Å²) in [6.45, 7) is 2.27. The van der Waals surface area contributed by atoms with Gasteiger partial charge in [0.1, 0.15) is 11.4 Å². The molecule has 0 saturated heterocycles. The number of hydrogen-bond acceptors (Lipinski definition) is 5. The maximum Gasteiger partial charge on any atom is 0.277 e. The van der Waals surface area contributed by atoms with Gasteiger partial charge < -0.3 is 20.7 Å². The van der Waals surface area contributed by atoms with Crippen molar-refractivity contribution in [3.8, 4) is 11.4 Å². The fourth-order valence-corrected chi connectivity index (χ4v) is 4.36. The predicted octanol–water partition coefficient (Wildman–Crippen LogP) is 3.92. The van der Waals surface area contributed by atoms with Gasteiger partial charge in [0.05, 0.1) is 12.8 Å². The summed E-state index contributed by atoms with van der Waals surface area (Å²) in [4.78, 5) is 39.5. The molecule has 1 atom stereocenters. The van der Waals surface area contributed by atoms with Gasteiger partial charge in [-0.05, 0) is 74.7 Å². The van der Waals surface area contributed by atoms with Crippen LogP contribution in [0, 0.1) is 0 Å². The second-order valence-electron chi connectivity index (χ2n) is 8.62. The number of amides is 3. The van der Waals surface area contributed by atoms with Crippen LogP contribution < -0.4 is 20.7 Å². The van der Waals surface area contributed by atoms with Gasteiger partial charge in [0.2, 0.25) is 5.91 Å². The number of nitrogens with two attached hydrogens (primary N) is 1. The van der Waals surface area contributed by atoms with Crippen molar-refractivity contribution < 1.29 is 19.1 Å². The Morgan fingerprint density at radius 2 is 1.81 bits per heavy atom. The Morgan fingerprint density at radius 3 is 2.42 bits per heavy atom. The van der Waals surface area contributed by atoms with E-state index in [1.54, 1.807) is 60.5 Å². The molecule has 0 aliphatic carbocycles. The third kappa shape index (κ3) is 5.36. The van der Waals surface area contributed by atoms with Crippen LogP contribution in [0.4, 0.5) is 11.4 Å². The number of primary amides is 1. The number of nitrogens with zero attached hydrogens (tertiary/aromatic N) is 3. The summed E-state index contributed by atoms with van der Waals surface area (Å²) >= 11 is 5.93. The highest BCUT2D eigenvalue weighted by molar-refractivity contribution is 6.20. The molecule has 188 valence electrons. The number of halogens is 1. The average Bonchev–Trinajstić information content (AvgIpc) is 3.26. The molecule has 3 aromatic rings. The summed E-state index contributed by atoms with van der Waals surface area (Å²) in [6.07, 6.45) is 2.31. The van der Waals surface area contributed by atoms with Crippen molar-refractivity contribution in [2.45, 2.75) is 38.0 Å². The minimum absolute atomic E-state index is 0.0414. The molecule has 2 heterocycles. The summed E-state index contributed by atoms with van der Waals surface area (Å²) in [6, 6.07) is 14.1. The molecule has 1 aromatic heterocycles. The summed E-state index contributed by atoms with van der Waals surface area (Å²) in [5.74, 6) is -0.399. The first kappa shape index (κ1) is 25.2. The standard InChI is InChI=1S/C26H28ClN5O4/c1-16(27)4-3-5-22(33)29-17-6-8-18(9-7-17)31-15-14-21-23(25(28)34)30-32(24(21)26(31)35)19-10-12-20(36-2)13-11-19/h6-13,16H,3-5,14-15H2,1-2H3,(H2,28,34)(H,29,33). The van der Waals surface area contributed by atoms with Crippen molar-refractivity contribution in [1.82, 2.24) is 9.78 Å². The molecule has 1 unspecified atom stereocenters. The summed E-state index contributed by atoms with van der Waals surface area (Å²) < 4.78 is 6.67. The highest BCUT2D eigenvalue weighted by Crippen LogP contribution is 2.30. The van der Waals surface area contributed by atoms with Crippen LogP contribution in [-0.4, -0.2) is 46.5 Å². The fourth-order valence-electron chi connectivity index (χ4n) is 4.21. The number of ether oxygens (including phenoxy) is 1. The lowest BCUT2D eigenvalue weighted by atomic mass is 10.0. The summed E-state index contributed by atoms with van der Waals surface area (Å²) in [5.41, 5.74) is 8.42. The number of hydrogen-bond donors (Lipinski definition) is 2. The quantitative estimate of drug-likeness (QED) is 0.424. The number of rotatable bonds is 9. The Balaban J connectivity index is 1.56. The molecule has 0 radical (unpaired) electrons. The van der Waals surface area contributed by atoms with Crippen molar-refractivity contribution in [3.63, 3.8) is 0 Å². The molecule has 0 spiro atoms. The van der Waals surface area contributed by atoms with E-state index in [9.17, 15) is 14.4 Å². The molecule has 36 heavy (non-hydrogen) atoms. The third-order valence-electron chi connectivity index (χ3n) is 6.04. The highest BCUT2D eigenvalue weighted by Gasteiger charge is 2.34. The molecule has 0 bridgehead atoms. The van der Waals surface area contributed by atoms with Crippen molar-refractivity contribution in [2.24, 2.45) is 5.73 Å². The van der Waals surface area contributed by atoms with E-state index in [2.05, 4.69) is 10.4 Å². The van der Waals surface area contributed by atoms with Gasteiger partial charge in [-0.15, -0.1) is 11.6 Å². The molecule has 1 aliphatic rings. The number of alkyl halides is 1. The van der Waals surface area contributed by atoms with Gasteiger partial charge in [-0.25, -0.2) is 4.68 Å². The molecular formula is C26H28ClN5O4. The first-order valence-electron chi connectivity index (χ1n) is 11.7. The lowest BCUT2D eigenvalue weighted by Gasteiger charge is -2.28. The summed E-state index contributed by atoms with van der Waals surface area (Å²) in [5, 5.41) is 7.28. The third-order valence-corrected chi connectivity index (χ3v) is 6.25. The Morgan fingerprint density at radius 1 is 1.14 bits per heavy atom. The molecule has 0 fully saturated rings.